The van der Waals surface area contributed by atoms with E-state index in [0.717, 1.165) is 19.5 Å². The topological polar surface area (TPSA) is 50.4 Å². The van der Waals surface area contributed by atoms with E-state index < -0.39 is 0 Å². The van der Waals surface area contributed by atoms with Crippen molar-refractivity contribution in [2.75, 3.05) is 20.2 Å². The Balaban J connectivity index is 1.98. The molecule has 0 saturated heterocycles. The molecule has 1 aliphatic rings. The number of carbonyl (C=O) groups is 1. The van der Waals surface area contributed by atoms with E-state index in [1.165, 1.54) is 38.5 Å². The van der Waals surface area contributed by atoms with Gasteiger partial charge in [-0.05, 0) is 26.2 Å². The van der Waals surface area contributed by atoms with Gasteiger partial charge in [0, 0.05) is 32.7 Å². The Bertz CT molecular complexity index is 238. The first-order valence-corrected chi connectivity index (χ1v) is 7.75. The van der Waals surface area contributed by atoms with Crippen molar-refractivity contribution in [1.29, 1.82) is 0 Å². The molecule has 112 valence electrons. The van der Waals surface area contributed by atoms with Crippen LogP contribution in [0.15, 0.2) is 0 Å². The van der Waals surface area contributed by atoms with Crippen molar-refractivity contribution >= 4 is 5.91 Å². The van der Waals surface area contributed by atoms with Gasteiger partial charge in [-0.15, -0.1) is 0 Å². The molecule has 0 aliphatic heterocycles. The fourth-order valence-corrected chi connectivity index (χ4v) is 2.50. The van der Waals surface area contributed by atoms with E-state index in [9.17, 15) is 4.79 Å². The number of nitrogens with one attached hydrogen (secondary N) is 2. The summed E-state index contributed by atoms with van der Waals surface area (Å²) < 4.78 is 5.13. The number of ether oxygens (including phenoxy) is 1. The second-order valence-corrected chi connectivity index (χ2v) is 5.58. The number of amides is 1. The number of hydrogen-bond acceptors (Lipinski definition) is 3. The monoisotopic (exact) mass is 270 g/mol. The maximum Gasteiger partial charge on any atom is 0.220 e. The van der Waals surface area contributed by atoms with Crippen LogP contribution in [0.3, 0.4) is 0 Å². The van der Waals surface area contributed by atoms with E-state index in [1.54, 1.807) is 7.11 Å². The maximum atomic E-state index is 11.6. The molecule has 0 aromatic rings. The van der Waals surface area contributed by atoms with Gasteiger partial charge in [0.15, 0.2) is 0 Å². The number of methoxy groups -OCH3 is 1. The predicted molar refractivity (Wildman–Crippen MR) is 78.2 cm³/mol. The summed E-state index contributed by atoms with van der Waals surface area (Å²) in [5, 5.41) is 6.51. The summed E-state index contributed by atoms with van der Waals surface area (Å²) >= 11 is 0. The third-order valence-corrected chi connectivity index (χ3v) is 3.92. The molecule has 1 unspecified atom stereocenters. The van der Waals surface area contributed by atoms with Gasteiger partial charge in [0.1, 0.15) is 0 Å². The van der Waals surface area contributed by atoms with Gasteiger partial charge in [-0.1, -0.05) is 25.7 Å². The molecule has 4 nitrogen and oxygen atoms in total. The van der Waals surface area contributed by atoms with Crippen molar-refractivity contribution < 1.29 is 9.53 Å². The Hall–Kier alpha value is -0.610. The zero-order chi connectivity index (χ0) is 13.9. The van der Waals surface area contributed by atoms with Gasteiger partial charge in [-0.25, -0.2) is 0 Å². The lowest BCUT2D eigenvalue weighted by molar-refractivity contribution is -0.121. The fraction of sp³-hybridized carbons (Fsp3) is 0.933. The quantitative estimate of drug-likeness (QED) is 0.525. The van der Waals surface area contributed by atoms with Crippen LogP contribution in [0.4, 0.5) is 0 Å². The Kier molecular flexibility index (Phi) is 8.84. The highest BCUT2D eigenvalue weighted by Crippen LogP contribution is 2.16. The van der Waals surface area contributed by atoms with Crippen molar-refractivity contribution in [3.63, 3.8) is 0 Å². The van der Waals surface area contributed by atoms with Crippen LogP contribution in [0.25, 0.3) is 0 Å². The van der Waals surface area contributed by atoms with Gasteiger partial charge in [0.05, 0.1) is 6.10 Å². The second kappa shape index (κ2) is 10.2. The summed E-state index contributed by atoms with van der Waals surface area (Å²) in [6.07, 6.45) is 9.54. The summed E-state index contributed by atoms with van der Waals surface area (Å²) in [6.45, 7) is 3.60. The van der Waals surface area contributed by atoms with E-state index in [4.69, 9.17) is 4.74 Å². The van der Waals surface area contributed by atoms with Crippen molar-refractivity contribution in [2.45, 2.75) is 70.4 Å². The largest absolute Gasteiger partial charge is 0.382 e. The molecule has 0 aromatic carbocycles. The lowest BCUT2D eigenvalue weighted by Crippen LogP contribution is -2.37. The van der Waals surface area contributed by atoms with E-state index in [1.807, 2.05) is 6.92 Å². The van der Waals surface area contributed by atoms with Crippen LogP contribution in [-0.2, 0) is 9.53 Å². The number of hydrogen-bond donors (Lipinski definition) is 2. The lowest BCUT2D eigenvalue weighted by atomic mass is 10.1. The minimum atomic E-state index is 0.131. The molecule has 1 aliphatic carbocycles. The van der Waals surface area contributed by atoms with Gasteiger partial charge in [0.25, 0.3) is 0 Å². The average molecular weight is 270 g/mol. The average Bonchev–Trinajstić information content (AvgIpc) is 2.69. The Morgan fingerprint density at radius 2 is 1.89 bits per heavy atom. The zero-order valence-electron chi connectivity index (χ0n) is 12.5. The van der Waals surface area contributed by atoms with Gasteiger partial charge in [0.2, 0.25) is 5.91 Å². The molecule has 2 N–H and O–H groups in total. The summed E-state index contributed by atoms with van der Waals surface area (Å²) in [6, 6.07) is 0.660. The molecule has 1 saturated carbocycles. The van der Waals surface area contributed by atoms with Crippen molar-refractivity contribution in [3.05, 3.63) is 0 Å². The first kappa shape index (κ1) is 16.4. The summed E-state index contributed by atoms with van der Waals surface area (Å²) in [5.41, 5.74) is 0. The standard InChI is InChI=1S/C15H30N2O2/c1-13(19-2)9-10-15(18)17-12-11-16-14-7-5-3-4-6-8-14/h13-14,16H,3-12H2,1-2H3,(H,17,18). The molecule has 19 heavy (non-hydrogen) atoms. The Morgan fingerprint density at radius 3 is 2.53 bits per heavy atom. The van der Waals surface area contributed by atoms with E-state index in [0.29, 0.717) is 12.5 Å². The number of rotatable bonds is 8. The highest BCUT2D eigenvalue weighted by atomic mass is 16.5. The molecule has 0 spiro atoms. The maximum absolute atomic E-state index is 11.6. The van der Waals surface area contributed by atoms with Crippen LogP contribution >= 0.6 is 0 Å². The van der Waals surface area contributed by atoms with Crippen LogP contribution in [0.1, 0.15) is 58.3 Å². The molecule has 0 heterocycles. The van der Waals surface area contributed by atoms with Crippen LogP contribution in [-0.4, -0.2) is 38.3 Å². The first-order valence-electron chi connectivity index (χ1n) is 7.75. The minimum Gasteiger partial charge on any atom is -0.382 e. The normalized spacial score (nSPS) is 18.8. The van der Waals surface area contributed by atoms with Crippen molar-refractivity contribution in [2.24, 2.45) is 0 Å². The molecule has 0 bridgehead atoms. The number of carbonyl (C=O) groups excluding carboxylic acids is 1. The first-order chi connectivity index (χ1) is 9.22. The SMILES string of the molecule is COC(C)CCC(=O)NCCNC1CCCCCC1. The molecule has 4 heteroatoms. The molecule has 0 aromatic heterocycles. The molecule has 1 amide bonds. The molecular formula is C15H30N2O2. The third kappa shape index (κ3) is 8.22. The predicted octanol–water partition coefficient (Wildman–Crippen LogP) is 2.23. The summed E-state index contributed by atoms with van der Waals surface area (Å²) in [7, 11) is 1.68. The van der Waals surface area contributed by atoms with Gasteiger partial charge < -0.3 is 15.4 Å². The molecule has 1 fully saturated rings. The van der Waals surface area contributed by atoms with Gasteiger partial charge in [-0.3, -0.25) is 4.79 Å². The van der Waals surface area contributed by atoms with Crippen LogP contribution in [0.5, 0.6) is 0 Å². The van der Waals surface area contributed by atoms with Crippen LogP contribution in [0, 0.1) is 0 Å². The summed E-state index contributed by atoms with van der Waals surface area (Å²) in [5.74, 6) is 0.131. The highest BCUT2D eigenvalue weighted by molar-refractivity contribution is 5.75. The molecule has 1 atom stereocenters. The Labute approximate surface area is 117 Å². The van der Waals surface area contributed by atoms with Crippen LogP contribution < -0.4 is 10.6 Å². The molecule has 0 radical (unpaired) electrons. The molecule has 1 rings (SSSR count). The van der Waals surface area contributed by atoms with Gasteiger partial charge in [-0.2, -0.15) is 0 Å². The zero-order valence-corrected chi connectivity index (χ0v) is 12.5. The van der Waals surface area contributed by atoms with Crippen molar-refractivity contribution in [3.8, 4) is 0 Å². The van der Waals surface area contributed by atoms with Gasteiger partial charge >= 0.3 is 0 Å². The highest BCUT2D eigenvalue weighted by Gasteiger charge is 2.11. The fourth-order valence-electron chi connectivity index (χ4n) is 2.50. The smallest absolute Gasteiger partial charge is 0.220 e. The third-order valence-electron chi connectivity index (χ3n) is 3.92. The Morgan fingerprint density at radius 1 is 1.21 bits per heavy atom. The molecular weight excluding hydrogens is 240 g/mol. The lowest BCUT2D eigenvalue weighted by Gasteiger charge is -2.16. The van der Waals surface area contributed by atoms with Crippen LogP contribution in [0.2, 0.25) is 0 Å². The second-order valence-electron chi connectivity index (χ2n) is 5.58. The summed E-state index contributed by atoms with van der Waals surface area (Å²) in [4.78, 5) is 11.6. The van der Waals surface area contributed by atoms with Crippen molar-refractivity contribution in [1.82, 2.24) is 10.6 Å². The van der Waals surface area contributed by atoms with E-state index >= 15 is 0 Å². The minimum absolute atomic E-state index is 0.131. The van der Waals surface area contributed by atoms with E-state index in [2.05, 4.69) is 10.6 Å². The van der Waals surface area contributed by atoms with E-state index in [-0.39, 0.29) is 12.0 Å².